The number of nitrogens with zero attached hydrogens (tertiary/aromatic N) is 2. The Morgan fingerprint density at radius 2 is 1.95 bits per heavy atom. The Labute approximate surface area is 221 Å². The molecule has 0 radical (unpaired) electrons. The van der Waals surface area contributed by atoms with Crippen molar-refractivity contribution in [3.63, 3.8) is 0 Å². The first kappa shape index (κ1) is 25.7. The minimum atomic E-state index is -2.94. The topological polar surface area (TPSA) is 133 Å². The molecule has 0 saturated heterocycles. The number of rotatable bonds is 8. The first-order chi connectivity index (χ1) is 17.7. The summed E-state index contributed by atoms with van der Waals surface area (Å²) in [5.74, 6) is 1.01. The molecule has 5 rings (SSSR count). The molecule has 37 heavy (non-hydrogen) atoms. The molecule has 0 spiro atoms. The van der Waals surface area contributed by atoms with E-state index in [2.05, 4.69) is 20.8 Å². The number of alkyl carbamates (subject to hydrolysis) is 1. The molecule has 1 amide bonds. The predicted molar refractivity (Wildman–Crippen MR) is 146 cm³/mol. The number of aryl methyl sites for hydroxylation is 1. The summed E-state index contributed by atoms with van der Waals surface area (Å²) in [5, 5.41) is 14.3. The summed E-state index contributed by atoms with van der Waals surface area (Å²) < 4.78 is 27.6. The SMILES string of the molecule is Cc1cc(Nc2ccc(-c3cnc([C@H]4CC[C@H](NC(=O)OC(C)C)CC4)s3)c(S(=N)(=O)C3CC3)c2)n[nH]1. The maximum absolute atomic E-state index is 13.6. The van der Waals surface area contributed by atoms with Gasteiger partial charge < -0.3 is 15.4 Å². The summed E-state index contributed by atoms with van der Waals surface area (Å²) in [5.41, 5.74) is 2.53. The van der Waals surface area contributed by atoms with Crippen LogP contribution in [0.25, 0.3) is 10.4 Å². The van der Waals surface area contributed by atoms with E-state index in [9.17, 15) is 9.00 Å². The Hall–Kier alpha value is -2.92. The lowest BCUT2D eigenvalue weighted by Gasteiger charge is -2.28. The molecule has 2 aliphatic carbocycles. The highest BCUT2D eigenvalue weighted by Crippen LogP contribution is 2.43. The van der Waals surface area contributed by atoms with Crippen molar-refractivity contribution in [2.45, 2.75) is 87.5 Å². The fraction of sp³-hybridized carbons (Fsp3) is 0.500. The molecule has 2 saturated carbocycles. The zero-order valence-electron chi connectivity index (χ0n) is 21.4. The van der Waals surface area contributed by atoms with E-state index in [-0.39, 0.29) is 23.5 Å². The van der Waals surface area contributed by atoms with E-state index in [0.29, 0.717) is 16.6 Å². The molecule has 4 N–H and O–H groups in total. The zero-order valence-corrected chi connectivity index (χ0v) is 23.0. The Morgan fingerprint density at radius 3 is 2.59 bits per heavy atom. The van der Waals surface area contributed by atoms with E-state index < -0.39 is 9.73 Å². The lowest BCUT2D eigenvalue weighted by molar-refractivity contribution is 0.109. The molecule has 198 valence electrons. The van der Waals surface area contributed by atoms with Crippen LogP contribution in [-0.2, 0) is 14.5 Å². The van der Waals surface area contributed by atoms with Gasteiger partial charge in [-0.3, -0.25) is 5.10 Å². The quantitative estimate of drug-likeness (QED) is 0.263. The second-order valence-electron chi connectivity index (χ2n) is 10.3. The van der Waals surface area contributed by atoms with Gasteiger partial charge in [0.25, 0.3) is 0 Å². The molecule has 2 fully saturated rings. The molecule has 3 aromatic rings. The monoisotopic (exact) mass is 542 g/mol. The van der Waals surface area contributed by atoms with E-state index in [4.69, 9.17) is 14.5 Å². The minimum Gasteiger partial charge on any atom is -0.447 e. The first-order valence-electron chi connectivity index (χ1n) is 12.8. The number of benzene rings is 1. The van der Waals surface area contributed by atoms with Crippen LogP contribution >= 0.6 is 11.3 Å². The third kappa shape index (κ3) is 5.98. The third-order valence-electron chi connectivity index (χ3n) is 6.81. The second-order valence-corrected chi connectivity index (χ2v) is 13.7. The van der Waals surface area contributed by atoms with Gasteiger partial charge in [-0.05, 0) is 71.4 Å². The molecule has 2 aliphatic rings. The average molecular weight is 543 g/mol. The summed E-state index contributed by atoms with van der Waals surface area (Å²) >= 11 is 1.62. The lowest BCUT2D eigenvalue weighted by Crippen LogP contribution is -2.38. The van der Waals surface area contributed by atoms with Gasteiger partial charge in [0.05, 0.1) is 30.6 Å². The Kier molecular flexibility index (Phi) is 7.26. The van der Waals surface area contributed by atoms with Crippen molar-refractivity contribution < 1.29 is 13.7 Å². The van der Waals surface area contributed by atoms with Crippen LogP contribution < -0.4 is 10.6 Å². The Balaban J connectivity index is 1.33. The summed E-state index contributed by atoms with van der Waals surface area (Å²) in [4.78, 5) is 18.2. The predicted octanol–water partition coefficient (Wildman–Crippen LogP) is 6.31. The van der Waals surface area contributed by atoms with E-state index in [1.54, 1.807) is 11.3 Å². The summed E-state index contributed by atoms with van der Waals surface area (Å²) in [6.07, 6.45) is 6.67. The fourth-order valence-electron chi connectivity index (χ4n) is 4.76. The van der Waals surface area contributed by atoms with Gasteiger partial charge in [-0.1, -0.05) is 6.07 Å². The van der Waals surface area contributed by atoms with Crippen LogP contribution in [0.2, 0.25) is 0 Å². The molecule has 1 atom stereocenters. The number of ether oxygens (including phenoxy) is 1. The molecular formula is C26H34N6O3S2. The smallest absolute Gasteiger partial charge is 0.407 e. The maximum atomic E-state index is 13.6. The molecular weight excluding hydrogens is 508 g/mol. The second kappa shape index (κ2) is 10.4. The fourth-order valence-corrected chi connectivity index (χ4v) is 7.92. The number of carbonyl (C=O) groups excluding carboxylic acids is 1. The molecule has 1 aromatic carbocycles. The van der Waals surface area contributed by atoms with Gasteiger partial charge in [-0.2, -0.15) is 5.10 Å². The van der Waals surface area contributed by atoms with Crippen LogP contribution in [0.4, 0.5) is 16.3 Å². The standard InChI is InChI=1S/C26H34N6O3S2/c1-15(2)35-26(33)30-18-6-4-17(5-7-18)25-28-14-22(36-25)21-11-8-19(29-24-12-16(3)31-32-24)13-23(21)37(27,34)20-9-10-20/h8,11-15,17-18,20,27H,4-7,9-10H2,1-3H3,(H,30,33)(H2,29,31,32)/t17-,18-,37?. The van der Waals surface area contributed by atoms with Crippen LogP contribution in [0.15, 0.2) is 35.4 Å². The molecule has 11 heteroatoms. The molecule has 2 heterocycles. The van der Waals surface area contributed by atoms with Gasteiger partial charge in [0.2, 0.25) is 0 Å². The van der Waals surface area contributed by atoms with E-state index >= 15 is 0 Å². The van der Waals surface area contributed by atoms with Crippen molar-refractivity contribution in [3.05, 3.63) is 41.2 Å². The number of carbonyl (C=O) groups is 1. The van der Waals surface area contributed by atoms with Gasteiger partial charge in [0.15, 0.2) is 5.82 Å². The highest BCUT2D eigenvalue weighted by molar-refractivity contribution is 7.93. The summed E-state index contributed by atoms with van der Waals surface area (Å²) in [7, 11) is -2.94. The van der Waals surface area contributed by atoms with Gasteiger partial charge in [-0.25, -0.2) is 18.8 Å². The number of anilines is 2. The molecule has 2 aromatic heterocycles. The Morgan fingerprint density at radius 1 is 1.19 bits per heavy atom. The highest BCUT2D eigenvalue weighted by atomic mass is 32.2. The molecule has 0 aliphatic heterocycles. The van der Waals surface area contributed by atoms with Crippen molar-refractivity contribution in [2.24, 2.45) is 0 Å². The minimum absolute atomic E-state index is 0.0910. The number of hydrogen-bond donors (Lipinski definition) is 4. The van der Waals surface area contributed by atoms with Gasteiger partial charge in [0.1, 0.15) is 0 Å². The van der Waals surface area contributed by atoms with Crippen LogP contribution in [0.5, 0.6) is 0 Å². The van der Waals surface area contributed by atoms with Gasteiger partial charge >= 0.3 is 6.09 Å². The average Bonchev–Trinajstić information content (AvgIpc) is 3.48. The van der Waals surface area contributed by atoms with E-state index in [1.165, 1.54) is 0 Å². The van der Waals surface area contributed by atoms with Crippen molar-refractivity contribution in [3.8, 4) is 10.4 Å². The number of H-pyrrole nitrogens is 1. The first-order valence-corrected chi connectivity index (χ1v) is 15.3. The van der Waals surface area contributed by atoms with Crippen molar-refractivity contribution in [2.75, 3.05) is 5.32 Å². The van der Waals surface area contributed by atoms with Gasteiger partial charge in [0, 0.05) is 46.4 Å². The highest BCUT2D eigenvalue weighted by Gasteiger charge is 2.36. The number of nitrogens with one attached hydrogen (secondary N) is 4. The van der Waals surface area contributed by atoms with Crippen LogP contribution in [0.3, 0.4) is 0 Å². The van der Waals surface area contributed by atoms with Crippen molar-refractivity contribution in [1.82, 2.24) is 20.5 Å². The zero-order chi connectivity index (χ0) is 26.2. The maximum Gasteiger partial charge on any atom is 0.407 e. The number of hydrogen-bond acceptors (Lipinski definition) is 8. The van der Waals surface area contributed by atoms with E-state index in [1.807, 2.05) is 51.2 Å². The number of aromatic nitrogens is 3. The molecule has 0 bridgehead atoms. The Bertz CT molecular complexity index is 1370. The van der Waals surface area contributed by atoms with Crippen LogP contribution in [-0.4, -0.2) is 42.9 Å². The lowest BCUT2D eigenvalue weighted by atomic mass is 9.86. The number of aromatic amines is 1. The van der Waals surface area contributed by atoms with Crippen molar-refractivity contribution >= 4 is 38.7 Å². The molecule has 9 nitrogen and oxygen atoms in total. The summed E-state index contributed by atoms with van der Waals surface area (Å²) in [6.45, 7) is 5.62. The van der Waals surface area contributed by atoms with Gasteiger partial charge in [-0.15, -0.1) is 11.3 Å². The number of amides is 1. The third-order valence-corrected chi connectivity index (χ3v) is 10.4. The normalized spacial score (nSPS) is 21.4. The van der Waals surface area contributed by atoms with Crippen LogP contribution in [0.1, 0.15) is 69.0 Å². The molecule has 1 unspecified atom stereocenters. The van der Waals surface area contributed by atoms with Crippen LogP contribution in [0, 0.1) is 11.7 Å². The summed E-state index contributed by atoms with van der Waals surface area (Å²) in [6, 6.07) is 7.77. The van der Waals surface area contributed by atoms with Crippen molar-refractivity contribution in [1.29, 1.82) is 4.78 Å². The largest absolute Gasteiger partial charge is 0.447 e. The number of thiazole rings is 1. The van der Waals surface area contributed by atoms with E-state index in [0.717, 1.165) is 65.4 Å².